The van der Waals surface area contributed by atoms with Crippen LogP contribution in [0.1, 0.15) is 34.1 Å². The minimum Gasteiger partial charge on any atom is -0.395 e. The highest BCUT2D eigenvalue weighted by molar-refractivity contribution is 5.84. The van der Waals surface area contributed by atoms with E-state index in [1.54, 1.807) is 0 Å². The van der Waals surface area contributed by atoms with E-state index in [0.29, 0.717) is 5.92 Å². The van der Waals surface area contributed by atoms with Crippen LogP contribution in [-0.4, -0.2) is 66.5 Å². The van der Waals surface area contributed by atoms with Crippen molar-refractivity contribution < 1.29 is 5.11 Å². The molecule has 4 heteroatoms. The fraction of sp³-hybridized carbons (Fsp3) is 0.812. The normalized spacial score (nSPS) is 21.2. The Balaban J connectivity index is 2.38. The van der Waals surface area contributed by atoms with Crippen LogP contribution >= 0.6 is 0 Å². The van der Waals surface area contributed by atoms with Crippen LogP contribution in [0.3, 0.4) is 0 Å². The van der Waals surface area contributed by atoms with E-state index in [9.17, 15) is 0 Å². The first-order valence-electron chi connectivity index (χ1n) is 7.82. The van der Waals surface area contributed by atoms with Crippen LogP contribution in [0.25, 0.3) is 0 Å². The molecule has 0 bridgehead atoms. The van der Waals surface area contributed by atoms with Gasteiger partial charge in [-0.25, -0.2) is 0 Å². The van der Waals surface area contributed by atoms with Gasteiger partial charge in [-0.3, -0.25) is 14.8 Å². The smallest absolute Gasteiger partial charge is 0.0558 e. The van der Waals surface area contributed by atoms with E-state index in [4.69, 9.17) is 5.11 Å². The maximum Gasteiger partial charge on any atom is 0.0558 e. The molecule has 0 aliphatic carbocycles. The highest BCUT2D eigenvalue weighted by Crippen LogP contribution is 2.07. The zero-order valence-corrected chi connectivity index (χ0v) is 13.6. The number of piperazine rings is 1. The molecule has 1 aliphatic rings. The minimum atomic E-state index is 0.266. The van der Waals surface area contributed by atoms with Crippen molar-refractivity contribution in [2.24, 2.45) is 10.9 Å². The van der Waals surface area contributed by atoms with Gasteiger partial charge in [0.05, 0.1) is 6.61 Å². The van der Waals surface area contributed by atoms with Crippen molar-refractivity contribution in [1.82, 2.24) is 9.80 Å². The Morgan fingerprint density at radius 3 is 2.35 bits per heavy atom. The van der Waals surface area contributed by atoms with E-state index in [0.717, 1.165) is 45.7 Å². The third-order valence-electron chi connectivity index (χ3n) is 4.17. The second-order valence-electron chi connectivity index (χ2n) is 5.90. The first-order chi connectivity index (χ1) is 9.56. The van der Waals surface area contributed by atoms with Crippen molar-refractivity contribution >= 4 is 5.71 Å². The molecule has 1 fully saturated rings. The monoisotopic (exact) mass is 281 g/mol. The van der Waals surface area contributed by atoms with Crippen molar-refractivity contribution in [2.75, 3.05) is 45.9 Å². The average molecular weight is 281 g/mol. The van der Waals surface area contributed by atoms with Crippen LogP contribution in [0.4, 0.5) is 0 Å². The third-order valence-corrected chi connectivity index (χ3v) is 4.17. The van der Waals surface area contributed by atoms with Gasteiger partial charge >= 0.3 is 0 Å². The van der Waals surface area contributed by atoms with Crippen molar-refractivity contribution in [3.8, 4) is 0 Å². The molecule has 4 nitrogen and oxygen atoms in total. The molecule has 1 saturated heterocycles. The summed E-state index contributed by atoms with van der Waals surface area (Å²) in [5.74, 6) is 0.570. The van der Waals surface area contributed by atoms with Gasteiger partial charge in [0.1, 0.15) is 0 Å². The minimum absolute atomic E-state index is 0.266. The van der Waals surface area contributed by atoms with E-state index >= 15 is 0 Å². The topological polar surface area (TPSA) is 39.1 Å². The van der Waals surface area contributed by atoms with Crippen LogP contribution in [0.15, 0.2) is 16.8 Å². The molecule has 20 heavy (non-hydrogen) atoms. The Morgan fingerprint density at radius 2 is 1.80 bits per heavy atom. The Hall–Kier alpha value is -0.710. The molecule has 0 aromatic carbocycles. The van der Waals surface area contributed by atoms with E-state index in [1.165, 1.54) is 11.3 Å². The second-order valence-corrected chi connectivity index (χ2v) is 5.90. The maximum absolute atomic E-state index is 8.94. The molecule has 0 spiro atoms. The summed E-state index contributed by atoms with van der Waals surface area (Å²) in [5, 5.41) is 8.94. The Morgan fingerprint density at radius 1 is 1.20 bits per heavy atom. The molecule has 1 atom stereocenters. The number of nitrogens with zero attached hydrogens (tertiary/aromatic N) is 3. The first-order valence-corrected chi connectivity index (χ1v) is 7.82. The molecular weight excluding hydrogens is 250 g/mol. The zero-order chi connectivity index (χ0) is 15.0. The van der Waals surface area contributed by atoms with E-state index < -0.39 is 0 Å². The van der Waals surface area contributed by atoms with Crippen LogP contribution < -0.4 is 0 Å². The highest BCUT2D eigenvalue weighted by atomic mass is 16.3. The summed E-state index contributed by atoms with van der Waals surface area (Å²) in [6, 6.07) is 0. The van der Waals surface area contributed by atoms with Gasteiger partial charge in [-0.2, -0.15) is 0 Å². The molecule has 1 unspecified atom stereocenters. The summed E-state index contributed by atoms with van der Waals surface area (Å²) in [6.07, 6.45) is 3.18. The molecule has 0 radical (unpaired) electrons. The largest absolute Gasteiger partial charge is 0.395 e. The zero-order valence-electron chi connectivity index (χ0n) is 13.6. The molecule has 1 heterocycles. The molecule has 0 amide bonds. The lowest BCUT2D eigenvalue weighted by molar-refractivity contribution is 0.118. The predicted molar refractivity (Wildman–Crippen MR) is 86.3 cm³/mol. The molecule has 1 rings (SSSR count). The van der Waals surface area contributed by atoms with Gasteiger partial charge in [-0.05, 0) is 31.8 Å². The summed E-state index contributed by atoms with van der Waals surface area (Å²) in [7, 11) is 0. The SMILES string of the molecule is CCC(C)C(C)=N/C=C(\C)CN1CCN(CCO)CC1. The van der Waals surface area contributed by atoms with Crippen LogP contribution in [-0.2, 0) is 0 Å². The molecule has 116 valence electrons. The Kier molecular flexibility index (Phi) is 8.04. The summed E-state index contributed by atoms with van der Waals surface area (Å²) in [5.41, 5.74) is 2.54. The number of aliphatic hydroxyl groups is 1. The molecule has 1 aliphatic heterocycles. The summed E-state index contributed by atoms with van der Waals surface area (Å²) >= 11 is 0. The quantitative estimate of drug-likeness (QED) is 0.726. The number of hydrogen-bond acceptors (Lipinski definition) is 4. The average Bonchev–Trinajstić information content (AvgIpc) is 2.46. The lowest BCUT2D eigenvalue weighted by Crippen LogP contribution is -2.47. The van der Waals surface area contributed by atoms with Crippen LogP contribution in [0.2, 0.25) is 0 Å². The molecule has 1 N–H and O–H groups in total. The number of rotatable bonds is 7. The summed E-state index contributed by atoms with van der Waals surface area (Å²) in [6.45, 7) is 15.1. The molecule has 0 aromatic rings. The van der Waals surface area contributed by atoms with Gasteiger partial charge in [0.25, 0.3) is 0 Å². The first kappa shape index (κ1) is 17.3. The summed E-state index contributed by atoms with van der Waals surface area (Å²) < 4.78 is 0. The highest BCUT2D eigenvalue weighted by Gasteiger charge is 2.15. The van der Waals surface area contributed by atoms with Crippen molar-refractivity contribution in [3.05, 3.63) is 11.8 Å². The van der Waals surface area contributed by atoms with Gasteiger partial charge < -0.3 is 5.11 Å². The lowest BCUT2D eigenvalue weighted by Gasteiger charge is -2.34. The van der Waals surface area contributed by atoms with Crippen LogP contribution in [0, 0.1) is 5.92 Å². The second kappa shape index (κ2) is 9.27. The Bertz CT molecular complexity index is 331. The third kappa shape index (κ3) is 6.16. The Labute approximate surface area is 124 Å². The number of β-amino-alcohol motifs (C(OH)–C–C–N with tert-alkyl or cyclic N) is 1. The molecule has 0 saturated carbocycles. The standard InChI is InChI=1S/C16H31N3O/c1-5-15(3)16(4)17-12-14(2)13-19-8-6-18(7-9-19)10-11-20/h12,15,20H,5-11,13H2,1-4H3/b14-12+,17-16?. The van der Waals surface area contributed by atoms with Crippen molar-refractivity contribution in [3.63, 3.8) is 0 Å². The van der Waals surface area contributed by atoms with Gasteiger partial charge in [0, 0.05) is 51.2 Å². The number of aliphatic hydroxyl groups excluding tert-OH is 1. The molecule has 0 aromatic heterocycles. The van der Waals surface area contributed by atoms with Gasteiger partial charge in [0.15, 0.2) is 0 Å². The van der Waals surface area contributed by atoms with E-state index in [-0.39, 0.29) is 6.61 Å². The van der Waals surface area contributed by atoms with Gasteiger partial charge in [-0.1, -0.05) is 13.8 Å². The number of aliphatic imine (C=N–C) groups is 1. The van der Waals surface area contributed by atoms with Gasteiger partial charge in [0.2, 0.25) is 0 Å². The molecular formula is C16H31N3O. The van der Waals surface area contributed by atoms with Crippen molar-refractivity contribution in [1.29, 1.82) is 0 Å². The maximum atomic E-state index is 8.94. The van der Waals surface area contributed by atoms with E-state index in [2.05, 4.69) is 42.5 Å². The summed E-state index contributed by atoms with van der Waals surface area (Å²) in [4.78, 5) is 9.38. The fourth-order valence-corrected chi connectivity index (χ4v) is 2.34. The van der Waals surface area contributed by atoms with Crippen molar-refractivity contribution in [2.45, 2.75) is 34.1 Å². The fourth-order valence-electron chi connectivity index (χ4n) is 2.34. The van der Waals surface area contributed by atoms with Crippen LogP contribution in [0.5, 0.6) is 0 Å². The predicted octanol–water partition coefficient (Wildman–Crippen LogP) is 2.01. The number of hydrogen-bond donors (Lipinski definition) is 1. The van der Waals surface area contributed by atoms with Gasteiger partial charge in [-0.15, -0.1) is 0 Å². The lowest BCUT2D eigenvalue weighted by atomic mass is 10.0. The van der Waals surface area contributed by atoms with E-state index in [1.807, 2.05) is 6.20 Å².